The molecule has 1 aliphatic rings. The smallest absolute Gasteiger partial charge is 0.255 e. The molecule has 0 N–H and O–H groups in total. The van der Waals surface area contributed by atoms with Gasteiger partial charge in [-0.25, -0.2) is 4.68 Å². The van der Waals surface area contributed by atoms with E-state index in [0.717, 1.165) is 16.9 Å². The molecule has 2 atom stereocenters. The third-order valence-corrected chi connectivity index (χ3v) is 5.04. The first-order chi connectivity index (χ1) is 13.7. The lowest BCUT2D eigenvalue weighted by Gasteiger charge is -2.39. The van der Waals surface area contributed by atoms with Gasteiger partial charge in [-0.3, -0.25) is 9.69 Å². The highest BCUT2D eigenvalue weighted by molar-refractivity contribution is 5.93. The second-order valence-corrected chi connectivity index (χ2v) is 6.65. The van der Waals surface area contributed by atoms with Crippen LogP contribution in [0.5, 0.6) is 5.75 Å². The van der Waals surface area contributed by atoms with Crippen molar-refractivity contribution in [3.05, 3.63) is 72.1 Å². The lowest BCUT2D eigenvalue weighted by atomic mass is 9.92. The quantitative estimate of drug-likeness (QED) is 0.683. The maximum absolute atomic E-state index is 12.9. The molecule has 0 radical (unpaired) electrons. The van der Waals surface area contributed by atoms with Crippen LogP contribution in [0, 0.1) is 0 Å². The van der Waals surface area contributed by atoms with Gasteiger partial charge in [0.25, 0.3) is 5.91 Å². The summed E-state index contributed by atoms with van der Waals surface area (Å²) in [6.45, 7) is -0.0183. The van der Waals surface area contributed by atoms with Crippen molar-refractivity contribution in [1.82, 2.24) is 14.8 Å². The summed E-state index contributed by atoms with van der Waals surface area (Å²) in [5.41, 5.74) is 2.15. The van der Waals surface area contributed by atoms with Crippen molar-refractivity contribution in [3.8, 4) is 5.75 Å². The van der Waals surface area contributed by atoms with E-state index < -0.39 is 0 Å². The number of carbonyl (C=O) groups is 1. The minimum absolute atomic E-state index is 0.0163. The van der Waals surface area contributed by atoms with Crippen LogP contribution < -0.4 is 9.64 Å². The largest absolute Gasteiger partial charge is 0.497 e. The molecule has 1 aromatic heterocycles. The van der Waals surface area contributed by atoms with Gasteiger partial charge in [-0.1, -0.05) is 42.5 Å². The molecule has 1 aliphatic heterocycles. The van der Waals surface area contributed by atoms with Gasteiger partial charge in [0.15, 0.2) is 0 Å². The van der Waals surface area contributed by atoms with Crippen LogP contribution in [0.25, 0.3) is 0 Å². The van der Waals surface area contributed by atoms with Gasteiger partial charge in [-0.2, -0.15) is 10.1 Å². The van der Waals surface area contributed by atoms with Gasteiger partial charge in [0, 0.05) is 7.11 Å². The molecule has 0 fully saturated rings. The zero-order chi connectivity index (χ0) is 19.5. The van der Waals surface area contributed by atoms with Gasteiger partial charge in [-0.05, 0) is 29.7 Å². The summed E-state index contributed by atoms with van der Waals surface area (Å²) >= 11 is 0. The molecule has 7 nitrogen and oxygen atoms in total. The number of amides is 1. The molecule has 28 heavy (non-hydrogen) atoms. The average molecular weight is 378 g/mol. The van der Waals surface area contributed by atoms with Crippen molar-refractivity contribution in [2.24, 2.45) is 0 Å². The molecule has 4 rings (SSSR count). The third-order valence-electron chi connectivity index (χ3n) is 5.04. The first-order valence-corrected chi connectivity index (χ1v) is 9.12. The van der Waals surface area contributed by atoms with Crippen molar-refractivity contribution in [3.63, 3.8) is 0 Å². The highest BCUT2D eigenvalue weighted by atomic mass is 16.5. The minimum atomic E-state index is -0.185. The van der Waals surface area contributed by atoms with Crippen LogP contribution in [0.4, 0.5) is 5.95 Å². The summed E-state index contributed by atoms with van der Waals surface area (Å²) in [4.78, 5) is 19.0. The van der Waals surface area contributed by atoms with E-state index in [0.29, 0.717) is 12.4 Å². The van der Waals surface area contributed by atoms with Crippen molar-refractivity contribution >= 4 is 11.9 Å². The Morgan fingerprint density at radius 2 is 1.75 bits per heavy atom. The van der Waals surface area contributed by atoms with Gasteiger partial charge in [0.05, 0.1) is 19.2 Å². The van der Waals surface area contributed by atoms with Crippen LogP contribution in [0.2, 0.25) is 0 Å². The number of methoxy groups -OCH3 is 2. The Morgan fingerprint density at radius 1 is 1.04 bits per heavy atom. The Kier molecular flexibility index (Phi) is 5.08. The highest BCUT2D eigenvalue weighted by Gasteiger charge is 2.39. The average Bonchev–Trinajstić information content (AvgIpc) is 3.23. The van der Waals surface area contributed by atoms with E-state index in [4.69, 9.17) is 9.47 Å². The Bertz CT molecular complexity index is 940. The fourth-order valence-corrected chi connectivity index (χ4v) is 3.73. The molecule has 3 aromatic rings. The molecule has 0 saturated carbocycles. The Labute approximate surface area is 163 Å². The molecule has 0 spiro atoms. The number of anilines is 1. The second kappa shape index (κ2) is 7.82. The number of nitrogens with zero attached hydrogens (tertiary/aromatic N) is 4. The van der Waals surface area contributed by atoms with E-state index in [9.17, 15) is 4.79 Å². The van der Waals surface area contributed by atoms with Crippen LogP contribution in [0.3, 0.4) is 0 Å². The summed E-state index contributed by atoms with van der Waals surface area (Å²) in [6, 6.07) is 17.8. The minimum Gasteiger partial charge on any atom is -0.497 e. The normalized spacial score (nSPS) is 18.6. The van der Waals surface area contributed by atoms with E-state index in [-0.39, 0.29) is 24.6 Å². The zero-order valence-corrected chi connectivity index (χ0v) is 15.9. The molecule has 1 amide bonds. The van der Waals surface area contributed by atoms with E-state index >= 15 is 0 Å². The molecule has 144 valence electrons. The Balaban J connectivity index is 1.80. The predicted molar refractivity (Wildman–Crippen MR) is 104 cm³/mol. The number of hydrogen-bond acceptors (Lipinski definition) is 5. The maximum Gasteiger partial charge on any atom is 0.255 e. The predicted octanol–water partition coefficient (Wildman–Crippen LogP) is 3.00. The Hall–Kier alpha value is -3.19. The number of carbonyl (C=O) groups excluding carboxylic acids is 1. The molecule has 0 aliphatic carbocycles. The number of aromatic nitrogens is 3. The third kappa shape index (κ3) is 3.25. The molecule has 0 bridgehead atoms. The molecular formula is C21H22N4O3. The van der Waals surface area contributed by atoms with Gasteiger partial charge in [0.2, 0.25) is 5.95 Å². The van der Waals surface area contributed by atoms with E-state index in [1.165, 1.54) is 13.4 Å². The highest BCUT2D eigenvalue weighted by Crippen LogP contribution is 2.41. The molecule has 2 aromatic carbocycles. The summed E-state index contributed by atoms with van der Waals surface area (Å²) in [6.07, 6.45) is 2.18. The lowest BCUT2D eigenvalue weighted by molar-refractivity contribution is -0.123. The molecule has 7 heteroatoms. The number of rotatable bonds is 5. The second-order valence-electron chi connectivity index (χ2n) is 6.65. The van der Waals surface area contributed by atoms with Crippen LogP contribution in [-0.2, 0) is 9.53 Å². The summed E-state index contributed by atoms with van der Waals surface area (Å²) < 4.78 is 12.2. The fourth-order valence-electron chi connectivity index (χ4n) is 3.73. The Morgan fingerprint density at radius 3 is 2.43 bits per heavy atom. The van der Waals surface area contributed by atoms with Crippen LogP contribution >= 0.6 is 0 Å². The SMILES string of the molecule is COCC(=O)N1c2ncnn2[C@H](c2ccccc2)C[C@@H]1c1ccc(OC)cc1. The number of hydrogen-bond donors (Lipinski definition) is 0. The van der Waals surface area contributed by atoms with Crippen molar-refractivity contribution in [2.45, 2.75) is 18.5 Å². The fraction of sp³-hybridized carbons (Fsp3) is 0.286. The lowest BCUT2D eigenvalue weighted by Crippen LogP contribution is -2.44. The first-order valence-electron chi connectivity index (χ1n) is 9.12. The molecular weight excluding hydrogens is 356 g/mol. The van der Waals surface area contributed by atoms with E-state index in [1.807, 2.05) is 47.1 Å². The van der Waals surface area contributed by atoms with E-state index in [2.05, 4.69) is 22.2 Å². The van der Waals surface area contributed by atoms with E-state index in [1.54, 1.807) is 12.0 Å². The summed E-state index contributed by atoms with van der Waals surface area (Å²) in [7, 11) is 3.15. The maximum atomic E-state index is 12.9. The number of benzene rings is 2. The number of ether oxygens (including phenoxy) is 2. The van der Waals surface area contributed by atoms with Gasteiger partial charge in [0.1, 0.15) is 18.7 Å². The first kappa shape index (κ1) is 18.2. The van der Waals surface area contributed by atoms with Crippen LogP contribution in [0.15, 0.2) is 60.9 Å². The zero-order valence-electron chi connectivity index (χ0n) is 15.9. The number of fused-ring (bicyclic) bond motifs is 1. The van der Waals surface area contributed by atoms with Crippen LogP contribution in [0.1, 0.15) is 29.6 Å². The van der Waals surface area contributed by atoms with Crippen molar-refractivity contribution in [2.75, 3.05) is 25.7 Å². The molecule has 2 heterocycles. The standard InChI is InChI=1S/C21H22N4O3/c1-27-13-20(26)24-18(16-8-10-17(28-2)11-9-16)12-19(15-6-4-3-5-7-15)25-21(24)22-14-23-25/h3-11,14,18-19H,12-13H2,1-2H3/t18-,19+/m1/s1. The summed E-state index contributed by atoms with van der Waals surface area (Å²) in [5.74, 6) is 1.16. The summed E-state index contributed by atoms with van der Waals surface area (Å²) in [5, 5.41) is 4.41. The monoisotopic (exact) mass is 378 g/mol. The van der Waals surface area contributed by atoms with Gasteiger partial charge < -0.3 is 9.47 Å². The van der Waals surface area contributed by atoms with Crippen molar-refractivity contribution < 1.29 is 14.3 Å². The van der Waals surface area contributed by atoms with Crippen molar-refractivity contribution in [1.29, 1.82) is 0 Å². The molecule has 0 saturated heterocycles. The topological polar surface area (TPSA) is 69.5 Å². The van der Waals surface area contributed by atoms with Gasteiger partial charge >= 0.3 is 0 Å². The van der Waals surface area contributed by atoms with Crippen LogP contribution in [-0.4, -0.2) is 41.5 Å². The van der Waals surface area contributed by atoms with Gasteiger partial charge in [-0.15, -0.1) is 0 Å². The molecule has 0 unspecified atom stereocenters.